The zero-order valence-corrected chi connectivity index (χ0v) is 11.4. The summed E-state index contributed by atoms with van der Waals surface area (Å²) >= 11 is 0. The summed E-state index contributed by atoms with van der Waals surface area (Å²) in [5, 5.41) is 18.0. The normalized spacial score (nSPS) is 10.5. The van der Waals surface area contributed by atoms with Crippen molar-refractivity contribution in [3.05, 3.63) is 76.9 Å². The summed E-state index contributed by atoms with van der Waals surface area (Å²) in [6.07, 6.45) is 2.68. The molecule has 0 unspecified atom stereocenters. The molecule has 110 valence electrons. The molecule has 0 saturated heterocycles. The lowest BCUT2D eigenvalue weighted by atomic mass is 10.0. The van der Waals surface area contributed by atoms with Crippen LogP contribution in [-0.4, -0.2) is 27.9 Å². The minimum absolute atomic E-state index is 0.147. The van der Waals surface area contributed by atoms with Crippen molar-refractivity contribution in [2.75, 3.05) is 0 Å². The largest absolute Gasteiger partial charge is 0.478 e. The average Bonchev–Trinajstić information content (AvgIpc) is 2.53. The Morgan fingerprint density at radius 3 is 1.82 bits per heavy atom. The molecule has 0 atom stereocenters. The number of ketones is 1. The summed E-state index contributed by atoms with van der Waals surface area (Å²) in [6.45, 7) is 0. The maximum absolute atomic E-state index is 11.9. The maximum Gasteiger partial charge on any atom is 0.335 e. The van der Waals surface area contributed by atoms with Crippen LogP contribution in [0.1, 0.15) is 36.6 Å². The number of hydrogen-bond acceptors (Lipinski definition) is 3. The zero-order chi connectivity index (χ0) is 16.1. The lowest BCUT2D eigenvalue weighted by molar-refractivity contribution is 0.0696. The van der Waals surface area contributed by atoms with E-state index in [2.05, 4.69) is 0 Å². The predicted molar refractivity (Wildman–Crippen MR) is 80.2 cm³/mol. The highest BCUT2D eigenvalue weighted by molar-refractivity contribution is 6.07. The van der Waals surface area contributed by atoms with E-state index < -0.39 is 11.9 Å². The molecule has 0 fully saturated rings. The smallest absolute Gasteiger partial charge is 0.335 e. The average molecular weight is 296 g/mol. The Bertz CT molecular complexity index is 728. The van der Waals surface area contributed by atoms with E-state index >= 15 is 0 Å². The molecular formula is C17H12O5. The fraction of sp³-hybridized carbons (Fsp3) is 0. The van der Waals surface area contributed by atoms with E-state index in [9.17, 15) is 14.4 Å². The Morgan fingerprint density at radius 1 is 0.773 bits per heavy atom. The van der Waals surface area contributed by atoms with E-state index in [1.54, 1.807) is 30.3 Å². The van der Waals surface area contributed by atoms with Gasteiger partial charge in [-0.3, -0.25) is 4.79 Å². The van der Waals surface area contributed by atoms with Crippen LogP contribution in [0, 0.1) is 0 Å². The van der Waals surface area contributed by atoms with Crippen LogP contribution in [0.5, 0.6) is 0 Å². The van der Waals surface area contributed by atoms with Gasteiger partial charge in [-0.25, -0.2) is 9.59 Å². The number of carboxylic acid groups (broad SMARTS) is 2. The third-order valence-corrected chi connectivity index (χ3v) is 2.93. The molecule has 0 heterocycles. The molecule has 0 radical (unpaired) electrons. The molecular weight excluding hydrogens is 284 g/mol. The van der Waals surface area contributed by atoms with Crippen molar-refractivity contribution >= 4 is 23.8 Å². The van der Waals surface area contributed by atoms with Gasteiger partial charge in [0.05, 0.1) is 11.1 Å². The molecule has 2 N–H and O–H groups in total. The maximum atomic E-state index is 11.9. The van der Waals surface area contributed by atoms with Crippen LogP contribution in [-0.2, 0) is 0 Å². The Kier molecular flexibility index (Phi) is 4.48. The number of hydrogen-bond donors (Lipinski definition) is 2. The van der Waals surface area contributed by atoms with E-state index in [4.69, 9.17) is 10.2 Å². The first-order valence-electron chi connectivity index (χ1n) is 6.36. The van der Waals surface area contributed by atoms with Gasteiger partial charge in [-0.2, -0.15) is 0 Å². The topological polar surface area (TPSA) is 91.7 Å². The molecule has 0 aromatic heterocycles. The quantitative estimate of drug-likeness (QED) is 0.653. The van der Waals surface area contributed by atoms with Gasteiger partial charge in [0.2, 0.25) is 0 Å². The minimum Gasteiger partial charge on any atom is -0.478 e. The molecule has 22 heavy (non-hydrogen) atoms. The first-order chi connectivity index (χ1) is 10.5. The second-order valence-electron chi connectivity index (χ2n) is 4.52. The van der Waals surface area contributed by atoms with Crippen molar-refractivity contribution in [3.63, 3.8) is 0 Å². The van der Waals surface area contributed by atoms with Crippen molar-refractivity contribution in [3.8, 4) is 0 Å². The fourth-order valence-corrected chi connectivity index (χ4v) is 1.87. The lowest BCUT2D eigenvalue weighted by Crippen LogP contribution is -2.03. The van der Waals surface area contributed by atoms with Crippen LogP contribution >= 0.6 is 0 Å². The van der Waals surface area contributed by atoms with Gasteiger partial charge in [-0.15, -0.1) is 0 Å². The molecule has 0 spiro atoms. The summed E-state index contributed by atoms with van der Waals surface area (Å²) in [6, 6.07) is 12.2. The van der Waals surface area contributed by atoms with Crippen molar-refractivity contribution in [2.45, 2.75) is 0 Å². The molecule has 0 aliphatic heterocycles. The molecule has 2 aromatic rings. The van der Waals surface area contributed by atoms with E-state index in [-0.39, 0.29) is 16.9 Å². The minimum atomic E-state index is -1.23. The number of benzene rings is 2. The standard InChI is InChI=1S/C17H12O5/c18-15(12-4-2-1-3-5-12)7-6-11-8-13(16(19)20)10-14(9-11)17(21)22/h1-10H,(H,19,20)(H,21,22). The summed E-state index contributed by atoms with van der Waals surface area (Å²) in [5.41, 5.74) is 0.534. The summed E-state index contributed by atoms with van der Waals surface area (Å²) in [4.78, 5) is 33.9. The molecule has 0 saturated carbocycles. The molecule has 0 bridgehead atoms. The number of allylic oxidation sites excluding steroid dienone is 1. The van der Waals surface area contributed by atoms with E-state index in [0.29, 0.717) is 11.1 Å². The monoisotopic (exact) mass is 296 g/mol. The molecule has 5 heteroatoms. The summed E-state index contributed by atoms with van der Waals surface area (Å²) < 4.78 is 0. The molecule has 2 aromatic carbocycles. The molecule has 2 rings (SSSR count). The van der Waals surface area contributed by atoms with Crippen LogP contribution in [0.3, 0.4) is 0 Å². The van der Waals surface area contributed by atoms with Crippen LogP contribution in [0.2, 0.25) is 0 Å². The number of rotatable bonds is 5. The summed E-state index contributed by atoms with van der Waals surface area (Å²) in [5.74, 6) is -2.71. The van der Waals surface area contributed by atoms with Crippen LogP contribution < -0.4 is 0 Å². The van der Waals surface area contributed by atoms with Crippen LogP contribution in [0.25, 0.3) is 6.08 Å². The van der Waals surface area contributed by atoms with E-state index in [0.717, 1.165) is 6.07 Å². The third kappa shape index (κ3) is 3.67. The first-order valence-corrected chi connectivity index (χ1v) is 6.36. The second kappa shape index (κ2) is 6.49. The first kappa shape index (κ1) is 15.2. The van der Waals surface area contributed by atoms with Crippen LogP contribution in [0.15, 0.2) is 54.6 Å². The summed E-state index contributed by atoms with van der Waals surface area (Å²) in [7, 11) is 0. The Balaban J connectivity index is 2.32. The van der Waals surface area contributed by atoms with E-state index in [1.807, 2.05) is 0 Å². The number of aromatic carboxylic acids is 2. The highest BCUT2D eigenvalue weighted by Crippen LogP contribution is 2.13. The zero-order valence-electron chi connectivity index (χ0n) is 11.4. The Morgan fingerprint density at radius 2 is 1.32 bits per heavy atom. The molecule has 0 aliphatic rings. The van der Waals surface area contributed by atoms with Gasteiger partial charge in [0, 0.05) is 5.56 Å². The highest BCUT2D eigenvalue weighted by atomic mass is 16.4. The van der Waals surface area contributed by atoms with Gasteiger partial charge in [0.25, 0.3) is 0 Å². The van der Waals surface area contributed by atoms with Crippen molar-refractivity contribution < 1.29 is 24.6 Å². The van der Waals surface area contributed by atoms with Gasteiger partial charge in [0.15, 0.2) is 5.78 Å². The molecule has 0 amide bonds. The lowest BCUT2D eigenvalue weighted by Gasteiger charge is -2.01. The van der Waals surface area contributed by atoms with Gasteiger partial charge >= 0.3 is 11.9 Å². The number of carboxylic acids is 2. The van der Waals surface area contributed by atoms with Gasteiger partial charge in [0.1, 0.15) is 0 Å². The van der Waals surface area contributed by atoms with Gasteiger partial charge < -0.3 is 10.2 Å². The fourth-order valence-electron chi connectivity index (χ4n) is 1.87. The van der Waals surface area contributed by atoms with Crippen molar-refractivity contribution in [2.24, 2.45) is 0 Å². The number of carbonyl (C=O) groups is 3. The third-order valence-electron chi connectivity index (χ3n) is 2.93. The van der Waals surface area contributed by atoms with Crippen LogP contribution in [0.4, 0.5) is 0 Å². The second-order valence-corrected chi connectivity index (χ2v) is 4.52. The van der Waals surface area contributed by atoms with Gasteiger partial charge in [-0.05, 0) is 29.8 Å². The highest BCUT2D eigenvalue weighted by Gasteiger charge is 2.10. The van der Waals surface area contributed by atoms with Crippen molar-refractivity contribution in [1.29, 1.82) is 0 Å². The Labute approximate surface area is 126 Å². The van der Waals surface area contributed by atoms with E-state index in [1.165, 1.54) is 24.3 Å². The predicted octanol–water partition coefficient (Wildman–Crippen LogP) is 2.98. The van der Waals surface area contributed by atoms with Gasteiger partial charge in [-0.1, -0.05) is 36.4 Å². The molecule has 0 aliphatic carbocycles. The van der Waals surface area contributed by atoms with Crippen molar-refractivity contribution in [1.82, 2.24) is 0 Å². The molecule has 5 nitrogen and oxygen atoms in total. The number of carbonyl (C=O) groups excluding carboxylic acids is 1. The SMILES string of the molecule is O=C(O)c1cc(C=CC(=O)c2ccccc2)cc(C(=O)O)c1. The Hall–Kier alpha value is -3.21.